The maximum Gasteiger partial charge on any atom is 0.335 e. The van der Waals surface area contributed by atoms with Crippen LogP contribution in [-0.2, 0) is 0 Å². The highest BCUT2D eigenvalue weighted by Gasteiger charge is 2.04. The number of aromatic carboxylic acids is 1. The van der Waals surface area contributed by atoms with Crippen molar-refractivity contribution < 1.29 is 9.90 Å². The van der Waals surface area contributed by atoms with Gasteiger partial charge >= 0.3 is 5.97 Å². The Morgan fingerprint density at radius 2 is 1.71 bits per heavy atom. The molecule has 2 aromatic carbocycles. The van der Waals surface area contributed by atoms with Crippen molar-refractivity contribution in [3.05, 3.63) is 72.4 Å². The number of carboxylic acids is 1. The Morgan fingerprint density at radius 3 is 2.38 bits per heavy atom. The van der Waals surface area contributed by atoms with Gasteiger partial charge in [-0.1, -0.05) is 18.2 Å². The van der Waals surface area contributed by atoms with E-state index in [1.54, 1.807) is 28.9 Å². The van der Waals surface area contributed by atoms with Gasteiger partial charge in [0.1, 0.15) is 0 Å². The third-order valence-electron chi connectivity index (χ3n) is 3.01. The van der Waals surface area contributed by atoms with E-state index >= 15 is 0 Å². The topological polar surface area (TPSA) is 67.2 Å². The Morgan fingerprint density at radius 1 is 1.00 bits per heavy atom. The van der Waals surface area contributed by atoms with Gasteiger partial charge in [-0.2, -0.15) is 5.10 Å². The predicted molar refractivity (Wildman–Crippen MR) is 80.2 cm³/mol. The van der Waals surface area contributed by atoms with E-state index in [1.807, 2.05) is 42.6 Å². The summed E-state index contributed by atoms with van der Waals surface area (Å²) in [6.07, 6.45) is 1.86. The summed E-state index contributed by atoms with van der Waals surface area (Å²) in [5.41, 5.74) is 2.03. The van der Waals surface area contributed by atoms with E-state index in [0.29, 0.717) is 5.82 Å². The zero-order chi connectivity index (χ0) is 14.7. The molecule has 0 aliphatic rings. The second-order valence-corrected chi connectivity index (χ2v) is 4.49. The van der Waals surface area contributed by atoms with E-state index < -0.39 is 5.97 Å². The van der Waals surface area contributed by atoms with E-state index in [2.05, 4.69) is 10.4 Å². The molecule has 0 aliphatic carbocycles. The minimum atomic E-state index is -0.935. The van der Waals surface area contributed by atoms with Gasteiger partial charge in [-0.15, -0.1) is 0 Å². The zero-order valence-electron chi connectivity index (χ0n) is 11.1. The highest BCUT2D eigenvalue weighted by atomic mass is 16.4. The lowest BCUT2D eigenvalue weighted by atomic mass is 10.2. The molecule has 5 nitrogen and oxygen atoms in total. The molecule has 0 saturated carbocycles. The normalized spacial score (nSPS) is 10.3. The lowest BCUT2D eigenvalue weighted by molar-refractivity contribution is 0.0697. The Bertz CT molecular complexity index is 749. The van der Waals surface area contributed by atoms with E-state index in [4.69, 9.17) is 5.11 Å². The second kappa shape index (κ2) is 5.50. The summed E-state index contributed by atoms with van der Waals surface area (Å²) >= 11 is 0. The Kier molecular flexibility index (Phi) is 3.39. The molecule has 0 radical (unpaired) electrons. The number of nitrogens with zero attached hydrogens (tertiary/aromatic N) is 2. The number of rotatable bonds is 4. The number of carboxylic acid groups (broad SMARTS) is 1. The van der Waals surface area contributed by atoms with E-state index in [-0.39, 0.29) is 5.56 Å². The summed E-state index contributed by atoms with van der Waals surface area (Å²) in [6, 6.07) is 18.2. The molecule has 2 N–H and O–H groups in total. The average Bonchev–Trinajstić information content (AvgIpc) is 2.97. The molecule has 0 fully saturated rings. The molecular weight excluding hydrogens is 266 g/mol. The largest absolute Gasteiger partial charge is 0.478 e. The number of hydrogen-bond donors (Lipinski definition) is 2. The number of benzene rings is 2. The minimum Gasteiger partial charge on any atom is -0.478 e. The molecule has 3 aromatic rings. The number of carbonyl (C=O) groups is 1. The average molecular weight is 279 g/mol. The van der Waals surface area contributed by atoms with Crippen LogP contribution >= 0.6 is 0 Å². The molecule has 1 aromatic heterocycles. The first-order chi connectivity index (χ1) is 10.2. The molecule has 21 heavy (non-hydrogen) atoms. The van der Waals surface area contributed by atoms with Gasteiger partial charge in [-0.05, 0) is 36.4 Å². The van der Waals surface area contributed by atoms with Gasteiger partial charge in [0.2, 0.25) is 0 Å². The van der Waals surface area contributed by atoms with Crippen molar-refractivity contribution in [2.45, 2.75) is 0 Å². The molecule has 1 heterocycles. The van der Waals surface area contributed by atoms with Crippen molar-refractivity contribution in [3.8, 4) is 5.69 Å². The van der Waals surface area contributed by atoms with Gasteiger partial charge in [0.05, 0.1) is 11.3 Å². The van der Waals surface area contributed by atoms with Crippen molar-refractivity contribution >= 4 is 17.5 Å². The Labute approximate surface area is 121 Å². The quantitative estimate of drug-likeness (QED) is 0.768. The van der Waals surface area contributed by atoms with Crippen molar-refractivity contribution in [1.82, 2.24) is 9.78 Å². The van der Waals surface area contributed by atoms with Crippen LogP contribution in [0.1, 0.15) is 10.4 Å². The maximum atomic E-state index is 10.8. The molecule has 0 atom stereocenters. The fraction of sp³-hybridized carbons (Fsp3) is 0. The summed E-state index contributed by atoms with van der Waals surface area (Å²) in [7, 11) is 0. The van der Waals surface area contributed by atoms with Crippen LogP contribution in [0, 0.1) is 0 Å². The fourth-order valence-electron chi connectivity index (χ4n) is 1.96. The van der Waals surface area contributed by atoms with Crippen LogP contribution in [0.5, 0.6) is 0 Å². The summed E-state index contributed by atoms with van der Waals surface area (Å²) in [5, 5.41) is 16.4. The Hall–Kier alpha value is -3.08. The predicted octanol–water partition coefficient (Wildman–Crippen LogP) is 3.31. The highest BCUT2D eigenvalue weighted by Crippen LogP contribution is 2.16. The number of nitrogens with one attached hydrogen (secondary N) is 1. The van der Waals surface area contributed by atoms with E-state index in [1.165, 1.54) is 0 Å². The molecule has 0 bridgehead atoms. The van der Waals surface area contributed by atoms with Crippen molar-refractivity contribution in [3.63, 3.8) is 0 Å². The molecule has 0 amide bonds. The van der Waals surface area contributed by atoms with Crippen LogP contribution in [0.25, 0.3) is 5.69 Å². The van der Waals surface area contributed by atoms with Gasteiger partial charge in [0.15, 0.2) is 5.82 Å². The maximum absolute atomic E-state index is 10.8. The van der Waals surface area contributed by atoms with E-state index in [9.17, 15) is 4.79 Å². The molecule has 3 rings (SSSR count). The third kappa shape index (κ3) is 2.92. The van der Waals surface area contributed by atoms with Crippen LogP contribution < -0.4 is 5.32 Å². The molecule has 5 heteroatoms. The van der Waals surface area contributed by atoms with Gasteiger partial charge in [0, 0.05) is 18.0 Å². The summed E-state index contributed by atoms with van der Waals surface area (Å²) in [5.74, 6) is -0.239. The van der Waals surface area contributed by atoms with Gasteiger partial charge in [-0.25, -0.2) is 9.48 Å². The lowest BCUT2D eigenvalue weighted by Crippen LogP contribution is -1.98. The first-order valence-corrected chi connectivity index (χ1v) is 6.44. The highest BCUT2D eigenvalue weighted by molar-refractivity contribution is 5.88. The van der Waals surface area contributed by atoms with Crippen LogP contribution in [0.2, 0.25) is 0 Å². The number of aromatic nitrogens is 2. The Balaban J connectivity index is 1.77. The van der Waals surface area contributed by atoms with Crippen LogP contribution in [0.4, 0.5) is 11.5 Å². The van der Waals surface area contributed by atoms with Gasteiger partial charge in [-0.3, -0.25) is 0 Å². The molecule has 104 valence electrons. The monoisotopic (exact) mass is 279 g/mol. The first kappa shape index (κ1) is 12.9. The number of anilines is 2. The third-order valence-corrected chi connectivity index (χ3v) is 3.01. The van der Waals surface area contributed by atoms with Gasteiger partial charge in [0.25, 0.3) is 0 Å². The minimum absolute atomic E-state index is 0.260. The molecule has 0 aliphatic heterocycles. The molecule has 0 saturated heterocycles. The molecule has 0 spiro atoms. The van der Waals surface area contributed by atoms with Crippen molar-refractivity contribution in [1.29, 1.82) is 0 Å². The second-order valence-electron chi connectivity index (χ2n) is 4.49. The number of hydrogen-bond acceptors (Lipinski definition) is 3. The molecular formula is C16H13N3O2. The van der Waals surface area contributed by atoms with Gasteiger partial charge < -0.3 is 10.4 Å². The van der Waals surface area contributed by atoms with Crippen LogP contribution in [0.15, 0.2) is 66.9 Å². The smallest absolute Gasteiger partial charge is 0.335 e. The summed E-state index contributed by atoms with van der Waals surface area (Å²) in [6.45, 7) is 0. The van der Waals surface area contributed by atoms with Crippen LogP contribution in [0.3, 0.4) is 0 Å². The number of para-hydroxylation sites is 1. The SMILES string of the molecule is O=C(O)c1ccc(Nc2ccn(-c3ccccc3)n2)cc1. The zero-order valence-corrected chi connectivity index (χ0v) is 11.1. The van der Waals surface area contributed by atoms with E-state index in [0.717, 1.165) is 11.4 Å². The standard InChI is InChI=1S/C16H13N3O2/c20-16(21)12-6-8-13(9-7-12)17-15-10-11-19(18-15)14-4-2-1-3-5-14/h1-11H,(H,17,18)(H,20,21). The molecule has 0 unspecified atom stereocenters. The lowest BCUT2D eigenvalue weighted by Gasteiger charge is -2.04. The van der Waals surface area contributed by atoms with Crippen molar-refractivity contribution in [2.24, 2.45) is 0 Å². The van der Waals surface area contributed by atoms with Crippen LogP contribution in [-0.4, -0.2) is 20.9 Å². The first-order valence-electron chi connectivity index (χ1n) is 6.44. The summed E-state index contributed by atoms with van der Waals surface area (Å²) in [4.78, 5) is 10.8. The summed E-state index contributed by atoms with van der Waals surface area (Å²) < 4.78 is 1.77. The van der Waals surface area contributed by atoms with Crippen molar-refractivity contribution in [2.75, 3.05) is 5.32 Å². The fourth-order valence-corrected chi connectivity index (χ4v) is 1.96.